The zero-order chi connectivity index (χ0) is 20.2. The van der Waals surface area contributed by atoms with Crippen LogP contribution in [0.2, 0.25) is 0 Å². The highest BCUT2D eigenvalue weighted by atomic mass is 15.2. The summed E-state index contributed by atoms with van der Waals surface area (Å²) in [5.74, 6) is 8.07. The molecule has 0 aliphatic heterocycles. The molecule has 1 aliphatic carbocycles. The van der Waals surface area contributed by atoms with Crippen LogP contribution in [0.15, 0.2) is 67.1 Å². The van der Waals surface area contributed by atoms with Crippen molar-refractivity contribution in [1.82, 2.24) is 19.4 Å². The molecule has 0 radical (unpaired) electrons. The van der Waals surface area contributed by atoms with Crippen molar-refractivity contribution in [3.8, 4) is 23.1 Å². The fourth-order valence-corrected chi connectivity index (χ4v) is 3.98. The Kier molecular flexibility index (Phi) is 5.14. The molecule has 1 saturated carbocycles. The van der Waals surface area contributed by atoms with Crippen molar-refractivity contribution >= 4 is 11.6 Å². The summed E-state index contributed by atoms with van der Waals surface area (Å²) in [5.41, 5.74) is 3.65. The van der Waals surface area contributed by atoms with Crippen molar-refractivity contribution in [3.05, 3.63) is 78.4 Å². The number of aromatic nitrogens is 4. The maximum atomic E-state index is 4.84. The largest absolute Gasteiger partial charge is 0.367 e. The number of fused-ring (bicyclic) bond motifs is 1. The fourth-order valence-electron chi connectivity index (χ4n) is 3.98. The van der Waals surface area contributed by atoms with E-state index in [4.69, 9.17) is 4.98 Å². The Bertz CT molecular complexity index is 1210. The first-order valence-corrected chi connectivity index (χ1v) is 10.5. The first-order chi connectivity index (χ1) is 14.9. The van der Waals surface area contributed by atoms with E-state index in [9.17, 15) is 0 Å². The molecule has 148 valence electrons. The molecule has 0 spiro atoms. The highest BCUT2D eigenvalue weighted by Gasteiger charge is 2.20. The van der Waals surface area contributed by atoms with Gasteiger partial charge >= 0.3 is 0 Å². The molecule has 0 unspecified atom stereocenters. The van der Waals surface area contributed by atoms with Crippen LogP contribution < -0.4 is 5.32 Å². The van der Waals surface area contributed by atoms with E-state index in [-0.39, 0.29) is 0 Å². The van der Waals surface area contributed by atoms with Gasteiger partial charge in [-0.2, -0.15) is 0 Å². The van der Waals surface area contributed by atoms with Crippen molar-refractivity contribution in [2.75, 3.05) is 5.32 Å². The van der Waals surface area contributed by atoms with Crippen LogP contribution in [0.4, 0.5) is 5.82 Å². The zero-order valence-corrected chi connectivity index (χ0v) is 16.8. The Morgan fingerprint density at radius 3 is 2.67 bits per heavy atom. The van der Waals surface area contributed by atoms with Crippen LogP contribution in [0.25, 0.3) is 17.0 Å². The number of hydrogen-bond donors (Lipinski definition) is 1. The minimum atomic E-state index is 0.477. The summed E-state index contributed by atoms with van der Waals surface area (Å²) in [5, 5.41) is 3.76. The van der Waals surface area contributed by atoms with Gasteiger partial charge in [0, 0.05) is 35.8 Å². The van der Waals surface area contributed by atoms with Gasteiger partial charge in [-0.15, -0.1) is 0 Å². The number of nitrogens with one attached hydrogen (secondary N) is 1. The second kappa shape index (κ2) is 8.38. The van der Waals surface area contributed by atoms with Crippen molar-refractivity contribution in [3.63, 3.8) is 0 Å². The van der Waals surface area contributed by atoms with Gasteiger partial charge in [0.25, 0.3) is 0 Å². The van der Waals surface area contributed by atoms with Crippen molar-refractivity contribution in [1.29, 1.82) is 0 Å². The van der Waals surface area contributed by atoms with Gasteiger partial charge < -0.3 is 5.32 Å². The van der Waals surface area contributed by atoms with Crippen LogP contribution in [0, 0.1) is 11.8 Å². The van der Waals surface area contributed by atoms with E-state index in [1.807, 2.05) is 42.6 Å². The number of rotatable bonds is 3. The minimum absolute atomic E-state index is 0.477. The van der Waals surface area contributed by atoms with Gasteiger partial charge in [0.05, 0.1) is 0 Å². The lowest BCUT2D eigenvalue weighted by atomic mass is 9.95. The molecule has 5 nitrogen and oxygen atoms in total. The standard InChI is InChI=1S/C25H23N5/c1-2-11-22(12-3-1)28-24-23(29-25-27-16-7-17-30(24)25)20-9-6-8-19(18-20)13-14-21-10-4-5-15-26-21/h4-10,15-18,22,28H,1-3,11-12H2. The molecule has 0 saturated heterocycles. The summed E-state index contributed by atoms with van der Waals surface area (Å²) in [6.07, 6.45) is 11.8. The maximum Gasteiger partial charge on any atom is 0.235 e. The normalized spacial score (nSPS) is 14.3. The fraction of sp³-hybridized carbons (Fsp3) is 0.240. The van der Waals surface area contributed by atoms with Gasteiger partial charge in [-0.05, 0) is 49.1 Å². The van der Waals surface area contributed by atoms with E-state index in [1.165, 1.54) is 32.1 Å². The van der Waals surface area contributed by atoms with Gasteiger partial charge in [0.15, 0.2) is 0 Å². The number of imidazole rings is 1. The zero-order valence-electron chi connectivity index (χ0n) is 16.8. The van der Waals surface area contributed by atoms with Crippen LogP contribution in [-0.4, -0.2) is 25.4 Å². The molecule has 0 amide bonds. The number of hydrogen-bond acceptors (Lipinski definition) is 4. The van der Waals surface area contributed by atoms with Crippen LogP contribution in [-0.2, 0) is 0 Å². The molecule has 3 heterocycles. The molecule has 1 N–H and O–H groups in total. The summed E-state index contributed by atoms with van der Waals surface area (Å²) in [6.45, 7) is 0. The van der Waals surface area contributed by atoms with Crippen LogP contribution in [0.1, 0.15) is 43.4 Å². The molecule has 5 rings (SSSR count). The molecular formula is C25H23N5. The van der Waals surface area contributed by atoms with E-state index in [0.29, 0.717) is 11.8 Å². The predicted molar refractivity (Wildman–Crippen MR) is 119 cm³/mol. The molecule has 1 aromatic carbocycles. The molecule has 5 heteroatoms. The Labute approximate surface area is 176 Å². The molecular weight excluding hydrogens is 370 g/mol. The van der Waals surface area contributed by atoms with Gasteiger partial charge in [0.2, 0.25) is 5.78 Å². The SMILES string of the molecule is C(#Cc1ccccn1)c1cccc(-c2nc3ncccn3c2NC2CCCCC2)c1. The van der Waals surface area contributed by atoms with E-state index in [2.05, 4.69) is 43.7 Å². The van der Waals surface area contributed by atoms with Crippen LogP contribution in [0.3, 0.4) is 0 Å². The highest BCUT2D eigenvalue weighted by molar-refractivity contribution is 5.76. The third-order valence-corrected chi connectivity index (χ3v) is 5.49. The number of benzene rings is 1. The molecule has 30 heavy (non-hydrogen) atoms. The lowest BCUT2D eigenvalue weighted by Gasteiger charge is -2.24. The third kappa shape index (κ3) is 3.90. The summed E-state index contributed by atoms with van der Waals surface area (Å²) < 4.78 is 2.05. The van der Waals surface area contributed by atoms with Gasteiger partial charge in [-0.1, -0.05) is 43.4 Å². The van der Waals surface area contributed by atoms with E-state index in [1.54, 1.807) is 12.4 Å². The average Bonchev–Trinajstić information content (AvgIpc) is 3.18. The quantitative estimate of drug-likeness (QED) is 0.501. The molecule has 3 aromatic heterocycles. The second-order valence-electron chi connectivity index (χ2n) is 7.62. The molecule has 1 aliphatic rings. The Morgan fingerprint density at radius 1 is 0.900 bits per heavy atom. The van der Waals surface area contributed by atoms with Crippen LogP contribution in [0.5, 0.6) is 0 Å². The smallest absolute Gasteiger partial charge is 0.235 e. The van der Waals surface area contributed by atoms with Gasteiger partial charge in [0.1, 0.15) is 17.2 Å². The topological polar surface area (TPSA) is 55.1 Å². The van der Waals surface area contributed by atoms with Crippen molar-refractivity contribution in [2.24, 2.45) is 0 Å². The highest BCUT2D eigenvalue weighted by Crippen LogP contribution is 2.31. The Morgan fingerprint density at radius 2 is 1.80 bits per heavy atom. The summed E-state index contributed by atoms with van der Waals surface area (Å²) in [4.78, 5) is 13.6. The van der Waals surface area contributed by atoms with Gasteiger partial charge in [-0.3, -0.25) is 4.40 Å². The molecule has 4 aromatic rings. The maximum absolute atomic E-state index is 4.84. The number of anilines is 1. The Balaban J connectivity index is 1.53. The number of pyridine rings is 1. The number of nitrogens with zero attached hydrogens (tertiary/aromatic N) is 4. The molecule has 0 bridgehead atoms. The lowest BCUT2D eigenvalue weighted by molar-refractivity contribution is 0.461. The summed E-state index contributed by atoms with van der Waals surface area (Å²) in [7, 11) is 0. The lowest BCUT2D eigenvalue weighted by Crippen LogP contribution is -2.23. The minimum Gasteiger partial charge on any atom is -0.367 e. The van der Waals surface area contributed by atoms with Crippen LogP contribution >= 0.6 is 0 Å². The van der Waals surface area contributed by atoms with E-state index < -0.39 is 0 Å². The first kappa shape index (κ1) is 18.4. The van der Waals surface area contributed by atoms with Crippen molar-refractivity contribution in [2.45, 2.75) is 38.1 Å². The van der Waals surface area contributed by atoms with Gasteiger partial charge in [-0.25, -0.2) is 15.0 Å². The average molecular weight is 393 g/mol. The first-order valence-electron chi connectivity index (χ1n) is 10.5. The van der Waals surface area contributed by atoms with E-state index in [0.717, 1.165) is 28.3 Å². The predicted octanol–water partition coefficient (Wildman–Crippen LogP) is 4.94. The second-order valence-corrected chi connectivity index (χ2v) is 7.62. The third-order valence-electron chi connectivity index (χ3n) is 5.49. The molecule has 0 atom stereocenters. The summed E-state index contributed by atoms with van der Waals surface area (Å²) >= 11 is 0. The monoisotopic (exact) mass is 393 g/mol. The summed E-state index contributed by atoms with van der Waals surface area (Å²) in [6, 6.07) is 16.4. The van der Waals surface area contributed by atoms with E-state index >= 15 is 0 Å². The Hall–Kier alpha value is -3.65. The van der Waals surface area contributed by atoms with Crippen molar-refractivity contribution < 1.29 is 0 Å². The molecule has 1 fully saturated rings.